The molecule has 9 heteroatoms. The number of nitrogens with one attached hydrogen (secondary N) is 1. The highest BCUT2D eigenvalue weighted by molar-refractivity contribution is 5.73. The number of hydrogen-bond acceptors (Lipinski definition) is 5. The Bertz CT molecular complexity index is 696. The van der Waals surface area contributed by atoms with Crippen LogP contribution in [0.15, 0.2) is 18.2 Å². The molecule has 0 unspecified atom stereocenters. The van der Waals surface area contributed by atoms with Crippen LogP contribution < -0.4 is 11.1 Å². The molecule has 0 aliphatic carbocycles. The van der Waals surface area contributed by atoms with Crippen molar-refractivity contribution in [2.75, 3.05) is 40.5 Å². The number of ether oxygens (including phenoxy) is 2. The predicted molar refractivity (Wildman–Crippen MR) is 84.4 cm³/mol. The van der Waals surface area contributed by atoms with Gasteiger partial charge in [0.05, 0.1) is 12.7 Å². The van der Waals surface area contributed by atoms with Crippen LogP contribution in [-0.2, 0) is 14.9 Å². The molecule has 7 nitrogen and oxygen atoms in total. The number of hydrogen-bond donors (Lipinski definition) is 2. The number of amides is 2. The lowest BCUT2D eigenvalue weighted by molar-refractivity contribution is -0.0499. The minimum absolute atomic E-state index is 0.117. The van der Waals surface area contributed by atoms with E-state index in [1.807, 2.05) is 4.90 Å². The third kappa shape index (κ3) is 3.28. The highest BCUT2D eigenvalue weighted by atomic mass is 19.2. The third-order valence-corrected chi connectivity index (χ3v) is 4.48. The first-order valence-corrected chi connectivity index (χ1v) is 7.55. The summed E-state index contributed by atoms with van der Waals surface area (Å²) in [5.74, 6) is -2.12. The Hall–Kier alpha value is -2.28. The highest BCUT2D eigenvalue weighted by Gasteiger charge is 2.61. The molecule has 3 N–H and O–H groups in total. The molecule has 1 aromatic carbocycles. The van der Waals surface area contributed by atoms with Crippen molar-refractivity contribution in [3.63, 3.8) is 0 Å². The van der Waals surface area contributed by atoms with E-state index in [1.54, 1.807) is 0 Å². The maximum absolute atomic E-state index is 13.8. The smallest absolute Gasteiger partial charge is 0.314 e. The van der Waals surface area contributed by atoms with Crippen molar-refractivity contribution < 1.29 is 23.0 Å². The van der Waals surface area contributed by atoms with Crippen molar-refractivity contribution in [3.8, 4) is 6.07 Å². The van der Waals surface area contributed by atoms with Crippen molar-refractivity contribution in [1.82, 2.24) is 10.2 Å². The Labute approximate surface area is 144 Å². The van der Waals surface area contributed by atoms with Crippen molar-refractivity contribution in [2.24, 2.45) is 5.73 Å². The van der Waals surface area contributed by atoms with E-state index in [-0.39, 0.29) is 18.7 Å². The molecule has 0 radical (unpaired) electrons. The average Bonchev–Trinajstić information content (AvgIpc) is 2.89. The zero-order chi connectivity index (χ0) is 18.7. The van der Waals surface area contributed by atoms with Gasteiger partial charge in [-0.1, -0.05) is 6.07 Å². The number of urea groups is 1. The molecule has 1 fully saturated rings. The molecular formula is C16H20F2N4O3. The van der Waals surface area contributed by atoms with Gasteiger partial charge >= 0.3 is 6.03 Å². The van der Waals surface area contributed by atoms with Crippen LogP contribution in [0.5, 0.6) is 0 Å². The first-order valence-electron chi connectivity index (χ1n) is 7.55. The summed E-state index contributed by atoms with van der Waals surface area (Å²) in [5.41, 5.74) is 2.45. The topological polar surface area (TPSA) is 101 Å². The van der Waals surface area contributed by atoms with Crippen LogP contribution in [0.1, 0.15) is 5.56 Å². The Morgan fingerprint density at radius 3 is 2.64 bits per heavy atom. The van der Waals surface area contributed by atoms with Gasteiger partial charge in [-0.3, -0.25) is 4.90 Å². The summed E-state index contributed by atoms with van der Waals surface area (Å²) in [5, 5.41) is 12.4. The molecule has 2 atom stereocenters. The number of carbonyl (C=O) groups excluding carboxylic acids is 1. The fraction of sp³-hybridized carbons (Fsp3) is 0.500. The van der Waals surface area contributed by atoms with E-state index in [9.17, 15) is 18.8 Å². The Balaban J connectivity index is 2.57. The zero-order valence-electron chi connectivity index (χ0n) is 14.0. The Morgan fingerprint density at radius 1 is 1.40 bits per heavy atom. The van der Waals surface area contributed by atoms with E-state index in [2.05, 4.69) is 11.4 Å². The molecule has 0 saturated carbocycles. The molecule has 1 aliphatic rings. The number of carbonyl (C=O) groups is 1. The molecule has 0 aromatic heterocycles. The second-order valence-corrected chi connectivity index (χ2v) is 5.87. The quantitative estimate of drug-likeness (QED) is 0.733. The summed E-state index contributed by atoms with van der Waals surface area (Å²) >= 11 is 0. The molecule has 0 spiro atoms. The second kappa shape index (κ2) is 7.31. The molecule has 1 aliphatic heterocycles. The van der Waals surface area contributed by atoms with E-state index < -0.39 is 28.8 Å². The number of nitrogens with two attached hydrogens (primary N) is 1. The predicted octanol–water partition coefficient (Wildman–Crippen LogP) is 0.699. The van der Waals surface area contributed by atoms with Crippen LogP contribution in [0, 0.1) is 23.0 Å². The molecule has 1 aromatic rings. The molecule has 2 rings (SSSR count). The number of benzene rings is 1. The lowest BCUT2D eigenvalue weighted by Crippen LogP contribution is -2.64. The molecule has 2 amide bonds. The third-order valence-electron chi connectivity index (χ3n) is 4.48. The van der Waals surface area contributed by atoms with E-state index in [4.69, 9.17) is 15.2 Å². The van der Waals surface area contributed by atoms with Crippen LogP contribution in [-0.4, -0.2) is 57.1 Å². The first-order chi connectivity index (χ1) is 11.8. The van der Waals surface area contributed by atoms with Crippen LogP contribution >= 0.6 is 0 Å². The van der Waals surface area contributed by atoms with Gasteiger partial charge in [-0.05, 0) is 17.7 Å². The van der Waals surface area contributed by atoms with Gasteiger partial charge in [0.25, 0.3) is 0 Å². The van der Waals surface area contributed by atoms with Gasteiger partial charge in [-0.25, -0.2) is 13.6 Å². The number of likely N-dealkylation sites (tertiary alicyclic amines) is 1. The van der Waals surface area contributed by atoms with E-state index >= 15 is 0 Å². The van der Waals surface area contributed by atoms with E-state index in [0.717, 1.165) is 12.1 Å². The fourth-order valence-electron chi connectivity index (χ4n) is 3.26. The summed E-state index contributed by atoms with van der Waals surface area (Å²) in [6.07, 6.45) is 0. The lowest BCUT2D eigenvalue weighted by atomic mass is 9.74. The number of methoxy groups -OCH3 is 2. The van der Waals surface area contributed by atoms with Gasteiger partial charge in [0.15, 0.2) is 17.4 Å². The van der Waals surface area contributed by atoms with Gasteiger partial charge < -0.3 is 20.5 Å². The van der Waals surface area contributed by atoms with Crippen LogP contribution in [0.25, 0.3) is 0 Å². The number of halogens is 2. The molecule has 1 heterocycles. The Morgan fingerprint density at radius 2 is 2.12 bits per heavy atom. The molecule has 25 heavy (non-hydrogen) atoms. The van der Waals surface area contributed by atoms with Gasteiger partial charge in [-0.2, -0.15) is 5.26 Å². The summed E-state index contributed by atoms with van der Waals surface area (Å²) in [6.45, 7) is 1.08. The van der Waals surface area contributed by atoms with Crippen molar-refractivity contribution in [1.29, 1.82) is 5.26 Å². The molecular weight excluding hydrogens is 334 g/mol. The van der Waals surface area contributed by atoms with Crippen molar-refractivity contribution >= 4 is 6.03 Å². The first kappa shape index (κ1) is 19.1. The lowest BCUT2D eigenvalue weighted by Gasteiger charge is -2.39. The maximum Gasteiger partial charge on any atom is 0.314 e. The van der Waals surface area contributed by atoms with Crippen molar-refractivity contribution in [3.05, 3.63) is 35.4 Å². The van der Waals surface area contributed by atoms with Crippen molar-refractivity contribution in [2.45, 2.75) is 11.1 Å². The van der Waals surface area contributed by atoms with E-state index in [1.165, 1.54) is 20.3 Å². The molecule has 0 bridgehead atoms. The highest BCUT2D eigenvalue weighted by Crippen LogP contribution is 2.42. The number of rotatable bonds is 6. The van der Waals surface area contributed by atoms with Crippen LogP contribution in [0.3, 0.4) is 0 Å². The largest absolute Gasteiger partial charge is 0.383 e. The average molecular weight is 354 g/mol. The summed E-state index contributed by atoms with van der Waals surface area (Å²) in [4.78, 5) is 13.4. The standard InChI is InChI=1S/C16H20F2N4O3/c1-24-6-5-22-9-15(8-19,11-3-4-12(17)13(18)7-11)16(10-22,25-2)21-14(20)23/h3-4,7H,5-6,9-10H2,1-2H3,(H3,20,21,23)/t15-,16+/m0/s1. The van der Waals surface area contributed by atoms with Gasteiger partial charge in [-0.15, -0.1) is 0 Å². The summed E-state index contributed by atoms with van der Waals surface area (Å²) < 4.78 is 37.7. The van der Waals surface area contributed by atoms with Gasteiger partial charge in [0.2, 0.25) is 0 Å². The second-order valence-electron chi connectivity index (χ2n) is 5.87. The Kier molecular flexibility index (Phi) is 5.57. The van der Waals surface area contributed by atoms with Crippen LogP contribution in [0.4, 0.5) is 13.6 Å². The minimum Gasteiger partial charge on any atom is -0.383 e. The summed E-state index contributed by atoms with van der Waals surface area (Å²) in [7, 11) is 2.86. The molecule has 1 saturated heterocycles. The monoisotopic (exact) mass is 354 g/mol. The number of nitrogens with zero attached hydrogens (tertiary/aromatic N) is 2. The van der Waals surface area contributed by atoms with Gasteiger partial charge in [0, 0.05) is 33.9 Å². The normalized spacial score (nSPS) is 26.4. The maximum atomic E-state index is 13.8. The summed E-state index contributed by atoms with van der Waals surface area (Å²) in [6, 6.07) is 4.42. The van der Waals surface area contributed by atoms with Gasteiger partial charge in [0.1, 0.15) is 5.41 Å². The zero-order valence-corrected chi connectivity index (χ0v) is 14.0. The minimum atomic E-state index is -1.52. The van der Waals surface area contributed by atoms with E-state index in [0.29, 0.717) is 13.2 Å². The van der Waals surface area contributed by atoms with Crippen LogP contribution in [0.2, 0.25) is 0 Å². The number of nitriles is 1. The number of primary amides is 1. The fourth-order valence-corrected chi connectivity index (χ4v) is 3.26. The molecule has 136 valence electrons. The SMILES string of the molecule is COCCN1C[C@@](C#N)(c2ccc(F)c(F)c2)[C@](NC(N)=O)(OC)C1.